The zero-order valence-corrected chi connectivity index (χ0v) is 8.23. The van der Waals surface area contributed by atoms with Crippen molar-refractivity contribution in [2.75, 3.05) is 13.6 Å². The van der Waals surface area contributed by atoms with E-state index in [1.165, 1.54) is 4.88 Å². The monoisotopic (exact) mass is 181 g/mol. The molecule has 0 unspecified atom stereocenters. The molecular formula is C10H15NS. The van der Waals surface area contributed by atoms with Crippen molar-refractivity contribution < 1.29 is 0 Å². The highest BCUT2D eigenvalue weighted by molar-refractivity contribution is 7.09. The first-order chi connectivity index (χ1) is 5.93. The molecule has 0 aromatic carbocycles. The van der Waals surface area contributed by atoms with E-state index in [1.807, 2.05) is 18.4 Å². The number of hydrogen-bond donors (Lipinski definition) is 1. The average Bonchev–Trinajstić information content (AvgIpc) is 2.57. The van der Waals surface area contributed by atoms with Crippen LogP contribution in [0, 0.1) is 0 Å². The van der Waals surface area contributed by atoms with Gasteiger partial charge in [0.15, 0.2) is 0 Å². The molecule has 0 aliphatic rings. The molecule has 0 radical (unpaired) electrons. The molecule has 1 N–H and O–H groups in total. The lowest BCUT2D eigenvalue weighted by atomic mass is 10.3. The fourth-order valence-corrected chi connectivity index (χ4v) is 1.66. The van der Waals surface area contributed by atoms with Gasteiger partial charge in [-0.15, -0.1) is 11.3 Å². The lowest BCUT2D eigenvalue weighted by Gasteiger charge is -1.91. The van der Waals surface area contributed by atoms with E-state index >= 15 is 0 Å². The highest BCUT2D eigenvalue weighted by atomic mass is 32.1. The van der Waals surface area contributed by atoms with E-state index in [1.54, 1.807) is 0 Å². The minimum Gasteiger partial charge on any atom is -0.319 e. The van der Waals surface area contributed by atoms with Gasteiger partial charge in [0, 0.05) is 4.88 Å². The minimum atomic E-state index is 1.07. The lowest BCUT2D eigenvalue weighted by Crippen LogP contribution is -2.05. The van der Waals surface area contributed by atoms with Crippen LogP contribution in [0.2, 0.25) is 0 Å². The van der Waals surface area contributed by atoms with Crippen LogP contribution < -0.4 is 5.32 Å². The van der Waals surface area contributed by atoms with Gasteiger partial charge in [-0.1, -0.05) is 18.2 Å². The van der Waals surface area contributed by atoms with Crippen molar-refractivity contribution >= 4 is 11.3 Å². The smallest absolute Gasteiger partial charge is 0.00828 e. The normalized spacial score (nSPS) is 11.1. The summed E-state index contributed by atoms with van der Waals surface area (Å²) in [5.74, 6) is 0. The molecule has 0 spiro atoms. The molecule has 0 atom stereocenters. The summed E-state index contributed by atoms with van der Waals surface area (Å²) in [7, 11) is 1.98. The van der Waals surface area contributed by atoms with E-state index in [9.17, 15) is 0 Å². The Hall–Kier alpha value is -0.600. The second kappa shape index (κ2) is 5.98. The molecule has 1 aromatic rings. The number of rotatable bonds is 5. The summed E-state index contributed by atoms with van der Waals surface area (Å²) in [5.41, 5.74) is 0. The molecule has 0 bridgehead atoms. The molecule has 12 heavy (non-hydrogen) atoms. The van der Waals surface area contributed by atoms with Crippen molar-refractivity contribution in [3.8, 4) is 0 Å². The van der Waals surface area contributed by atoms with Crippen molar-refractivity contribution in [1.82, 2.24) is 5.32 Å². The molecule has 0 amide bonds. The van der Waals surface area contributed by atoms with Gasteiger partial charge < -0.3 is 5.32 Å². The van der Waals surface area contributed by atoms with Crippen molar-refractivity contribution in [3.63, 3.8) is 0 Å². The average molecular weight is 181 g/mol. The molecule has 0 saturated carbocycles. The molecule has 0 saturated heterocycles. The molecule has 1 rings (SSSR count). The zero-order valence-electron chi connectivity index (χ0n) is 7.42. The van der Waals surface area contributed by atoms with Crippen LogP contribution in [0.15, 0.2) is 29.7 Å². The van der Waals surface area contributed by atoms with Crippen LogP contribution in [-0.2, 0) is 6.42 Å². The van der Waals surface area contributed by atoms with E-state index in [-0.39, 0.29) is 0 Å². The predicted molar refractivity (Wildman–Crippen MR) is 55.7 cm³/mol. The maximum absolute atomic E-state index is 3.11. The largest absolute Gasteiger partial charge is 0.319 e. The van der Waals surface area contributed by atoms with Gasteiger partial charge in [0.2, 0.25) is 0 Å². The molecule has 1 heterocycles. The van der Waals surface area contributed by atoms with Crippen LogP contribution in [0.5, 0.6) is 0 Å². The Kier molecular flexibility index (Phi) is 4.73. The first-order valence-electron chi connectivity index (χ1n) is 4.25. The summed E-state index contributed by atoms with van der Waals surface area (Å²) in [4.78, 5) is 1.44. The Morgan fingerprint density at radius 3 is 3.08 bits per heavy atom. The molecule has 0 aliphatic carbocycles. The third-order valence-corrected chi connectivity index (χ3v) is 2.53. The molecule has 1 aromatic heterocycles. The van der Waals surface area contributed by atoms with Gasteiger partial charge >= 0.3 is 0 Å². The highest BCUT2D eigenvalue weighted by Crippen LogP contribution is 2.09. The number of nitrogens with one attached hydrogen (secondary N) is 1. The van der Waals surface area contributed by atoms with E-state index in [4.69, 9.17) is 0 Å². The topological polar surface area (TPSA) is 12.0 Å². The maximum atomic E-state index is 3.11. The van der Waals surface area contributed by atoms with Gasteiger partial charge in [-0.05, 0) is 37.9 Å². The Morgan fingerprint density at radius 2 is 2.42 bits per heavy atom. The Labute approximate surface area is 78.1 Å². The summed E-state index contributed by atoms with van der Waals surface area (Å²) in [6, 6.07) is 4.27. The molecular weight excluding hydrogens is 166 g/mol. The summed E-state index contributed by atoms with van der Waals surface area (Å²) in [6.45, 7) is 1.07. The summed E-state index contributed by atoms with van der Waals surface area (Å²) < 4.78 is 0. The fraction of sp³-hybridized carbons (Fsp3) is 0.400. The van der Waals surface area contributed by atoms with Gasteiger partial charge in [0.25, 0.3) is 0 Å². The highest BCUT2D eigenvalue weighted by Gasteiger charge is 1.87. The standard InChI is InChI=1S/C10H15NS/c1-11-8-4-2-3-6-10-7-5-9-12-10/h2-3,5,7,9,11H,4,6,8H2,1H3. The first kappa shape index (κ1) is 9.49. The second-order valence-electron chi connectivity index (χ2n) is 2.65. The molecule has 66 valence electrons. The molecule has 0 fully saturated rings. The quantitative estimate of drug-likeness (QED) is 0.543. The van der Waals surface area contributed by atoms with Crippen molar-refractivity contribution in [3.05, 3.63) is 34.5 Å². The van der Waals surface area contributed by atoms with E-state index < -0.39 is 0 Å². The molecule has 1 nitrogen and oxygen atoms in total. The Morgan fingerprint density at radius 1 is 1.50 bits per heavy atom. The lowest BCUT2D eigenvalue weighted by molar-refractivity contribution is 0.806. The van der Waals surface area contributed by atoms with E-state index in [0.717, 1.165) is 19.4 Å². The number of allylic oxidation sites excluding steroid dienone is 1. The van der Waals surface area contributed by atoms with Crippen LogP contribution in [0.1, 0.15) is 11.3 Å². The van der Waals surface area contributed by atoms with Crippen molar-refractivity contribution in [1.29, 1.82) is 0 Å². The zero-order chi connectivity index (χ0) is 8.65. The predicted octanol–water partition coefficient (Wildman–Crippen LogP) is 2.46. The SMILES string of the molecule is CNCCC=CCc1cccs1. The van der Waals surface area contributed by atoms with Gasteiger partial charge in [0.05, 0.1) is 0 Å². The first-order valence-corrected chi connectivity index (χ1v) is 5.13. The van der Waals surface area contributed by atoms with Crippen molar-refractivity contribution in [2.24, 2.45) is 0 Å². The van der Waals surface area contributed by atoms with Gasteiger partial charge in [0.1, 0.15) is 0 Å². The summed E-state index contributed by atoms with van der Waals surface area (Å²) in [5, 5.41) is 5.23. The Balaban J connectivity index is 2.13. The summed E-state index contributed by atoms with van der Waals surface area (Å²) in [6.07, 6.45) is 6.68. The van der Waals surface area contributed by atoms with Crippen molar-refractivity contribution in [2.45, 2.75) is 12.8 Å². The fourth-order valence-electron chi connectivity index (χ4n) is 0.974. The van der Waals surface area contributed by atoms with Gasteiger partial charge in [-0.2, -0.15) is 0 Å². The third kappa shape index (κ3) is 3.69. The van der Waals surface area contributed by atoms with E-state index in [2.05, 4.69) is 35.0 Å². The number of hydrogen-bond acceptors (Lipinski definition) is 2. The van der Waals surface area contributed by atoms with Crippen LogP contribution >= 0.6 is 11.3 Å². The van der Waals surface area contributed by atoms with Crippen LogP contribution in [0.3, 0.4) is 0 Å². The maximum Gasteiger partial charge on any atom is 0.00828 e. The number of thiophene rings is 1. The second-order valence-corrected chi connectivity index (χ2v) is 3.68. The molecule has 0 aliphatic heterocycles. The molecule has 2 heteroatoms. The van der Waals surface area contributed by atoms with Gasteiger partial charge in [-0.3, -0.25) is 0 Å². The summed E-state index contributed by atoms with van der Waals surface area (Å²) >= 11 is 1.82. The third-order valence-electron chi connectivity index (χ3n) is 1.63. The van der Waals surface area contributed by atoms with Crippen LogP contribution in [-0.4, -0.2) is 13.6 Å². The minimum absolute atomic E-state index is 1.07. The van der Waals surface area contributed by atoms with E-state index in [0.29, 0.717) is 0 Å². The van der Waals surface area contributed by atoms with Crippen LogP contribution in [0.25, 0.3) is 0 Å². The Bertz CT molecular complexity index is 214. The van der Waals surface area contributed by atoms with Gasteiger partial charge in [-0.25, -0.2) is 0 Å². The van der Waals surface area contributed by atoms with Crippen LogP contribution in [0.4, 0.5) is 0 Å².